The lowest BCUT2D eigenvalue weighted by Gasteiger charge is -2.73. The molecule has 0 spiro atoms. The Hall–Kier alpha value is -0.850. The normalized spacial score (nSPS) is 47.1. The van der Waals surface area contributed by atoms with Crippen molar-refractivity contribution in [1.29, 1.82) is 0 Å². The van der Waals surface area contributed by atoms with E-state index in [0.717, 1.165) is 30.1 Å². The molecule has 1 amide bonds. The Morgan fingerprint density at radius 3 is 2.02 bits per heavy atom. The summed E-state index contributed by atoms with van der Waals surface area (Å²) in [5.74, 6) is 4.32. The smallest absolute Gasteiger partial charge is 0.404 e. The standard InChI is InChI=1S/C36H63NO5/c1-22(9-10-25(38)30(40)26(39)21-42-31(37)41)23-13-18-33(4)24(23)14-19-35(6)28(33)11-12-29-34(5)17-8-16-32(2,3)27(34)15-20-36(29,35)7/h22-30,38-40H,8-21H2,1-7H3,(H2,37,41)/t22?,23-,24+,25?,26?,27+,28-,29-,30-,33+,34+,35-,36-/m1/s1. The van der Waals surface area contributed by atoms with Crippen molar-refractivity contribution in [2.75, 3.05) is 6.61 Å². The number of hydrogen-bond acceptors (Lipinski definition) is 5. The fraction of sp³-hybridized carbons (Fsp3) is 0.972. The van der Waals surface area contributed by atoms with Crippen molar-refractivity contribution in [2.45, 2.75) is 150 Å². The number of ether oxygens (including phenoxy) is 1. The number of nitrogens with two attached hydrogens (primary N) is 1. The zero-order chi connectivity index (χ0) is 30.9. The molecule has 5 aliphatic carbocycles. The van der Waals surface area contributed by atoms with E-state index in [4.69, 9.17) is 5.73 Å². The van der Waals surface area contributed by atoms with Gasteiger partial charge in [-0.15, -0.1) is 0 Å². The van der Waals surface area contributed by atoms with E-state index < -0.39 is 31.0 Å². The van der Waals surface area contributed by atoms with E-state index in [2.05, 4.69) is 53.2 Å². The SMILES string of the molecule is CC(CCC(O)[C@@H](O)C(O)COC(N)=O)[C@H]1CC[C@]2(C)[C@H]3CC[C@@H]4[C@@]5(C)CCCC(C)(C)[C@@H]5CC[C@@]4(C)[C@]3(C)CC[C@@H]12. The molecule has 6 nitrogen and oxygen atoms in total. The number of aliphatic hydroxyl groups excluding tert-OH is 3. The van der Waals surface area contributed by atoms with Gasteiger partial charge in [0.1, 0.15) is 18.8 Å². The molecule has 0 heterocycles. The van der Waals surface area contributed by atoms with Gasteiger partial charge in [-0.05, 0) is 140 Å². The Bertz CT molecular complexity index is 1000. The summed E-state index contributed by atoms with van der Waals surface area (Å²) in [5, 5.41) is 31.1. The summed E-state index contributed by atoms with van der Waals surface area (Å²) < 4.78 is 4.60. The van der Waals surface area contributed by atoms with Gasteiger partial charge in [-0.3, -0.25) is 0 Å². The monoisotopic (exact) mass is 589 g/mol. The topological polar surface area (TPSA) is 113 Å². The average Bonchev–Trinajstić information content (AvgIpc) is 3.26. The fourth-order valence-electron chi connectivity index (χ4n) is 13.4. The summed E-state index contributed by atoms with van der Waals surface area (Å²) in [5.41, 5.74) is 7.13. The van der Waals surface area contributed by atoms with Crippen LogP contribution in [0.4, 0.5) is 4.79 Å². The van der Waals surface area contributed by atoms with Crippen LogP contribution in [-0.4, -0.2) is 46.3 Å². The van der Waals surface area contributed by atoms with Crippen LogP contribution in [0.5, 0.6) is 0 Å². The highest BCUT2D eigenvalue weighted by atomic mass is 16.6. The van der Waals surface area contributed by atoms with Gasteiger partial charge in [0.25, 0.3) is 0 Å². The third-order valence-corrected chi connectivity index (χ3v) is 15.6. The molecule has 0 aliphatic heterocycles. The first-order valence-corrected chi connectivity index (χ1v) is 17.5. The first-order chi connectivity index (χ1) is 19.5. The van der Waals surface area contributed by atoms with E-state index in [0.29, 0.717) is 45.3 Å². The first-order valence-electron chi connectivity index (χ1n) is 17.5. The summed E-state index contributed by atoms with van der Waals surface area (Å²) in [6.45, 7) is 17.9. The number of carbonyl (C=O) groups is 1. The van der Waals surface area contributed by atoms with Gasteiger partial charge in [0.15, 0.2) is 0 Å². The average molecular weight is 590 g/mol. The quantitative estimate of drug-likeness (QED) is 0.242. The van der Waals surface area contributed by atoms with Gasteiger partial charge in [-0.2, -0.15) is 0 Å². The number of primary amides is 1. The number of amides is 1. The van der Waals surface area contributed by atoms with Crippen molar-refractivity contribution in [3.63, 3.8) is 0 Å². The molecule has 5 rings (SSSR count). The minimum atomic E-state index is -1.36. The summed E-state index contributed by atoms with van der Waals surface area (Å²) >= 11 is 0. The van der Waals surface area contributed by atoms with Crippen LogP contribution in [0.2, 0.25) is 0 Å². The molecule has 13 atom stereocenters. The predicted octanol–water partition coefficient (Wildman–Crippen LogP) is 7.07. The van der Waals surface area contributed by atoms with Crippen molar-refractivity contribution in [2.24, 2.45) is 68.3 Å². The molecule has 5 aliphatic rings. The van der Waals surface area contributed by atoms with Crippen LogP contribution >= 0.6 is 0 Å². The fourth-order valence-corrected chi connectivity index (χ4v) is 13.4. The Morgan fingerprint density at radius 1 is 0.762 bits per heavy atom. The molecule has 0 aromatic carbocycles. The maximum absolute atomic E-state index is 10.8. The van der Waals surface area contributed by atoms with Gasteiger partial charge in [0, 0.05) is 0 Å². The van der Waals surface area contributed by atoms with Gasteiger partial charge in [0.05, 0.1) is 6.10 Å². The predicted molar refractivity (Wildman–Crippen MR) is 166 cm³/mol. The molecule has 5 fully saturated rings. The summed E-state index contributed by atoms with van der Waals surface area (Å²) in [4.78, 5) is 10.8. The lowest BCUT2D eigenvalue weighted by molar-refractivity contribution is -0.241. The molecular weight excluding hydrogens is 526 g/mol. The van der Waals surface area contributed by atoms with Crippen molar-refractivity contribution in [1.82, 2.24) is 0 Å². The van der Waals surface area contributed by atoms with Crippen LogP contribution in [0.1, 0.15) is 132 Å². The maximum atomic E-state index is 10.8. The van der Waals surface area contributed by atoms with Crippen molar-refractivity contribution < 1.29 is 24.9 Å². The third kappa shape index (κ3) is 4.96. The van der Waals surface area contributed by atoms with Gasteiger partial charge in [-0.25, -0.2) is 4.79 Å². The second-order valence-electron chi connectivity index (χ2n) is 17.6. The summed E-state index contributed by atoms with van der Waals surface area (Å²) in [6, 6.07) is 0. The molecule has 3 unspecified atom stereocenters. The summed E-state index contributed by atoms with van der Waals surface area (Å²) in [6.07, 6.45) is 11.6. The largest absolute Gasteiger partial charge is 0.447 e. The second-order valence-corrected chi connectivity index (χ2v) is 17.6. The Balaban J connectivity index is 1.27. The molecule has 242 valence electrons. The lowest BCUT2D eigenvalue weighted by atomic mass is 9.32. The number of fused-ring (bicyclic) bond motifs is 7. The first kappa shape index (κ1) is 32.5. The van der Waals surface area contributed by atoms with Crippen LogP contribution in [0, 0.1) is 62.6 Å². The molecule has 5 saturated carbocycles. The number of rotatable bonds is 8. The minimum Gasteiger partial charge on any atom is -0.447 e. The van der Waals surface area contributed by atoms with E-state index in [1.807, 2.05) is 0 Å². The van der Waals surface area contributed by atoms with Crippen LogP contribution < -0.4 is 5.73 Å². The molecular formula is C36H63NO5. The van der Waals surface area contributed by atoms with Crippen molar-refractivity contribution in [3.05, 3.63) is 0 Å². The number of aliphatic hydroxyl groups is 3. The highest BCUT2D eigenvalue weighted by molar-refractivity contribution is 5.64. The Labute approximate surface area is 255 Å². The van der Waals surface area contributed by atoms with Gasteiger partial charge >= 0.3 is 6.09 Å². The molecule has 42 heavy (non-hydrogen) atoms. The maximum Gasteiger partial charge on any atom is 0.404 e. The zero-order valence-electron chi connectivity index (χ0n) is 27.8. The molecule has 0 bridgehead atoms. The highest BCUT2D eigenvalue weighted by Crippen LogP contribution is 2.78. The van der Waals surface area contributed by atoms with Crippen LogP contribution in [0.25, 0.3) is 0 Å². The van der Waals surface area contributed by atoms with Gasteiger partial charge in [-0.1, -0.05) is 54.9 Å². The third-order valence-electron chi connectivity index (χ3n) is 15.6. The van der Waals surface area contributed by atoms with E-state index in [1.165, 1.54) is 70.6 Å². The van der Waals surface area contributed by atoms with E-state index >= 15 is 0 Å². The molecule has 0 saturated heterocycles. The number of hydrogen-bond donors (Lipinski definition) is 4. The Kier molecular flexibility index (Phi) is 8.67. The van der Waals surface area contributed by atoms with Gasteiger partial charge < -0.3 is 25.8 Å². The van der Waals surface area contributed by atoms with Crippen molar-refractivity contribution in [3.8, 4) is 0 Å². The number of carbonyl (C=O) groups excluding carboxylic acids is 1. The Morgan fingerprint density at radius 2 is 1.38 bits per heavy atom. The lowest BCUT2D eigenvalue weighted by Crippen LogP contribution is -2.65. The molecule has 0 aromatic rings. The van der Waals surface area contributed by atoms with E-state index in [9.17, 15) is 20.1 Å². The van der Waals surface area contributed by atoms with Crippen LogP contribution in [-0.2, 0) is 4.74 Å². The van der Waals surface area contributed by atoms with Crippen molar-refractivity contribution >= 4 is 6.09 Å². The summed E-state index contributed by atoms with van der Waals surface area (Å²) in [7, 11) is 0. The van der Waals surface area contributed by atoms with Gasteiger partial charge in [0.2, 0.25) is 0 Å². The van der Waals surface area contributed by atoms with Crippen LogP contribution in [0.15, 0.2) is 0 Å². The van der Waals surface area contributed by atoms with Crippen LogP contribution in [0.3, 0.4) is 0 Å². The molecule has 0 aromatic heterocycles. The van der Waals surface area contributed by atoms with E-state index in [1.54, 1.807) is 0 Å². The second kappa shape index (κ2) is 11.2. The molecule has 5 N–H and O–H groups in total. The minimum absolute atomic E-state index is 0.379. The molecule has 6 heteroatoms. The zero-order valence-corrected chi connectivity index (χ0v) is 27.8. The molecule has 0 radical (unpaired) electrons. The van der Waals surface area contributed by atoms with E-state index in [-0.39, 0.29) is 0 Å². The highest BCUT2D eigenvalue weighted by Gasteiger charge is 2.70.